The van der Waals surface area contributed by atoms with Crippen molar-refractivity contribution in [2.75, 3.05) is 23.7 Å². The predicted octanol–water partition coefficient (Wildman–Crippen LogP) is 3.81. The maximum Gasteiger partial charge on any atom is 0.138 e. The van der Waals surface area contributed by atoms with Gasteiger partial charge < -0.3 is 10.6 Å². The average Bonchev–Trinajstić information content (AvgIpc) is 3.19. The zero-order valence-corrected chi connectivity index (χ0v) is 13.3. The van der Waals surface area contributed by atoms with E-state index in [-0.39, 0.29) is 5.41 Å². The van der Waals surface area contributed by atoms with Crippen LogP contribution >= 0.6 is 0 Å². The Balaban J connectivity index is 2.06. The van der Waals surface area contributed by atoms with Gasteiger partial charge in [-0.25, -0.2) is 9.97 Å². The highest BCUT2D eigenvalue weighted by molar-refractivity contribution is 5.48. The van der Waals surface area contributed by atoms with E-state index in [4.69, 9.17) is 0 Å². The van der Waals surface area contributed by atoms with Crippen molar-refractivity contribution in [3.8, 4) is 0 Å². The quantitative estimate of drug-likeness (QED) is 0.795. The first-order valence-electron chi connectivity index (χ1n) is 7.86. The first-order valence-corrected chi connectivity index (χ1v) is 7.86. The van der Waals surface area contributed by atoms with E-state index < -0.39 is 0 Å². The lowest BCUT2D eigenvalue weighted by Gasteiger charge is -2.19. The third kappa shape index (κ3) is 4.66. The molecule has 0 amide bonds. The number of hydrogen-bond donors (Lipinski definition) is 2. The van der Waals surface area contributed by atoms with Crippen LogP contribution in [0.5, 0.6) is 0 Å². The molecule has 2 N–H and O–H groups in total. The summed E-state index contributed by atoms with van der Waals surface area (Å²) < 4.78 is 0. The summed E-state index contributed by atoms with van der Waals surface area (Å²) in [6.07, 6.45) is 5.16. The Morgan fingerprint density at radius 3 is 2.20 bits per heavy atom. The van der Waals surface area contributed by atoms with E-state index in [1.54, 1.807) is 0 Å². The van der Waals surface area contributed by atoms with Gasteiger partial charge in [-0.3, -0.25) is 0 Å². The Labute approximate surface area is 122 Å². The van der Waals surface area contributed by atoms with Crippen molar-refractivity contribution >= 4 is 11.6 Å². The first kappa shape index (κ1) is 15.1. The highest BCUT2D eigenvalue weighted by Crippen LogP contribution is 2.32. The second-order valence-electron chi connectivity index (χ2n) is 6.80. The molecule has 0 atom stereocenters. The molecule has 1 saturated carbocycles. The molecule has 1 aromatic heterocycles. The van der Waals surface area contributed by atoms with Gasteiger partial charge in [-0.15, -0.1) is 0 Å². The Kier molecular flexibility index (Phi) is 4.84. The number of anilines is 2. The Morgan fingerprint density at radius 1 is 1.10 bits per heavy atom. The summed E-state index contributed by atoms with van der Waals surface area (Å²) in [7, 11) is 0. The van der Waals surface area contributed by atoms with E-state index in [2.05, 4.69) is 48.3 Å². The zero-order chi connectivity index (χ0) is 14.6. The normalized spacial score (nSPS) is 15.2. The second-order valence-corrected chi connectivity index (χ2v) is 6.80. The average molecular weight is 276 g/mol. The summed E-state index contributed by atoms with van der Waals surface area (Å²) in [5.41, 5.74) is -0.0309. The lowest BCUT2D eigenvalue weighted by Crippen LogP contribution is -2.19. The molecule has 2 rings (SSSR count). The van der Waals surface area contributed by atoms with Gasteiger partial charge in [0.15, 0.2) is 0 Å². The van der Waals surface area contributed by atoms with E-state index in [1.807, 2.05) is 6.07 Å². The van der Waals surface area contributed by atoms with Gasteiger partial charge in [0.05, 0.1) is 0 Å². The summed E-state index contributed by atoms with van der Waals surface area (Å²) in [5, 5.41) is 6.82. The van der Waals surface area contributed by atoms with E-state index in [9.17, 15) is 0 Å². The summed E-state index contributed by atoms with van der Waals surface area (Å²) in [6, 6.07) is 2.03. The van der Waals surface area contributed by atoms with Gasteiger partial charge in [0.1, 0.15) is 17.5 Å². The molecule has 1 fully saturated rings. The van der Waals surface area contributed by atoms with Crippen LogP contribution in [0, 0.1) is 5.92 Å². The minimum Gasteiger partial charge on any atom is -0.370 e. The van der Waals surface area contributed by atoms with Gasteiger partial charge in [0.25, 0.3) is 0 Å². The third-order valence-corrected chi connectivity index (χ3v) is 3.51. The molecule has 0 aliphatic heterocycles. The van der Waals surface area contributed by atoms with Crippen molar-refractivity contribution in [1.29, 1.82) is 0 Å². The number of aromatic nitrogens is 2. The number of rotatable bonds is 7. The van der Waals surface area contributed by atoms with Crippen molar-refractivity contribution in [2.45, 2.75) is 58.8 Å². The SMILES string of the molecule is CCCNc1cc(NCCC2CC2)nc(C(C)(C)C)n1. The van der Waals surface area contributed by atoms with Gasteiger partial charge in [0.2, 0.25) is 0 Å². The summed E-state index contributed by atoms with van der Waals surface area (Å²) in [6.45, 7) is 10.6. The number of nitrogens with one attached hydrogen (secondary N) is 2. The third-order valence-electron chi connectivity index (χ3n) is 3.51. The van der Waals surface area contributed by atoms with Crippen molar-refractivity contribution in [2.24, 2.45) is 5.92 Å². The number of hydrogen-bond acceptors (Lipinski definition) is 4. The van der Waals surface area contributed by atoms with Crippen LogP contribution in [0.3, 0.4) is 0 Å². The molecule has 4 nitrogen and oxygen atoms in total. The first-order chi connectivity index (χ1) is 9.49. The molecule has 1 heterocycles. The van der Waals surface area contributed by atoms with Gasteiger partial charge in [-0.2, -0.15) is 0 Å². The van der Waals surface area contributed by atoms with Gasteiger partial charge in [-0.05, 0) is 18.8 Å². The van der Waals surface area contributed by atoms with Crippen LogP contribution in [0.25, 0.3) is 0 Å². The molecular weight excluding hydrogens is 248 g/mol. The topological polar surface area (TPSA) is 49.8 Å². The maximum atomic E-state index is 4.67. The van der Waals surface area contributed by atoms with Gasteiger partial charge in [-0.1, -0.05) is 40.5 Å². The molecular formula is C16H28N4. The molecule has 1 aliphatic rings. The van der Waals surface area contributed by atoms with Crippen molar-refractivity contribution in [3.05, 3.63) is 11.9 Å². The molecule has 20 heavy (non-hydrogen) atoms. The van der Waals surface area contributed by atoms with Gasteiger partial charge in [0, 0.05) is 24.6 Å². The highest BCUT2D eigenvalue weighted by atomic mass is 15.1. The molecule has 1 aliphatic carbocycles. The molecule has 0 saturated heterocycles. The van der Waals surface area contributed by atoms with Crippen LogP contribution in [-0.4, -0.2) is 23.1 Å². The Morgan fingerprint density at radius 2 is 1.70 bits per heavy atom. The van der Waals surface area contributed by atoms with Crippen LogP contribution in [0.2, 0.25) is 0 Å². The fourth-order valence-electron chi connectivity index (χ4n) is 2.03. The van der Waals surface area contributed by atoms with Gasteiger partial charge >= 0.3 is 0 Å². The fraction of sp³-hybridized carbons (Fsp3) is 0.750. The van der Waals surface area contributed by atoms with E-state index in [0.717, 1.165) is 42.9 Å². The Hall–Kier alpha value is -1.32. The van der Waals surface area contributed by atoms with Crippen LogP contribution in [-0.2, 0) is 5.41 Å². The predicted molar refractivity (Wildman–Crippen MR) is 85.3 cm³/mol. The molecule has 0 aromatic carbocycles. The molecule has 0 spiro atoms. The lowest BCUT2D eigenvalue weighted by molar-refractivity contribution is 0.546. The zero-order valence-electron chi connectivity index (χ0n) is 13.3. The monoisotopic (exact) mass is 276 g/mol. The van der Waals surface area contributed by atoms with E-state index in [0.29, 0.717) is 0 Å². The molecule has 4 heteroatoms. The van der Waals surface area contributed by atoms with Crippen molar-refractivity contribution < 1.29 is 0 Å². The van der Waals surface area contributed by atoms with Crippen molar-refractivity contribution in [3.63, 3.8) is 0 Å². The molecule has 1 aromatic rings. The maximum absolute atomic E-state index is 4.67. The second kappa shape index (κ2) is 6.42. The van der Waals surface area contributed by atoms with Crippen LogP contribution in [0.15, 0.2) is 6.07 Å². The highest BCUT2D eigenvalue weighted by Gasteiger charge is 2.21. The Bertz CT molecular complexity index is 433. The van der Waals surface area contributed by atoms with E-state index in [1.165, 1.54) is 19.3 Å². The largest absolute Gasteiger partial charge is 0.370 e. The summed E-state index contributed by atoms with van der Waals surface area (Å²) in [5.74, 6) is 3.72. The standard InChI is InChI=1S/C16H28N4/c1-5-9-17-13-11-14(18-10-8-12-6-7-12)20-15(19-13)16(2,3)4/h11-12H,5-10H2,1-4H3,(H2,17,18,19,20). The minimum absolute atomic E-state index is 0.0309. The summed E-state index contributed by atoms with van der Waals surface area (Å²) in [4.78, 5) is 9.30. The molecule has 0 unspecified atom stereocenters. The molecule has 112 valence electrons. The molecule has 0 bridgehead atoms. The lowest BCUT2D eigenvalue weighted by atomic mass is 9.96. The van der Waals surface area contributed by atoms with Crippen LogP contribution < -0.4 is 10.6 Å². The number of nitrogens with zero attached hydrogens (tertiary/aromatic N) is 2. The minimum atomic E-state index is -0.0309. The smallest absolute Gasteiger partial charge is 0.138 e. The fourth-order valence-corrected chi connectivity index (χ4v) is 2.03. The van der Waals surface area contributed by atoms with Crippen LogP contribution in [0.1, 0.15) is 59.2 Å². The summed E-state index contributed by atoms with van der Waals surface area (Å²) >= 11 is 0. The van der Waals surface area contributed by atoms with Crippen LogP contribution in [0.4, 0.5) is 11.6 Å². The molecule has 0 radical (unpaired) electrons. The van der Waals surface area contributed by atoms with Crippen molar-refractivity contribution in [1.82, 2.24) is 9.97 Å². The van der Waals surface area contributed by atoms with E-state index >= 15 is 0 Å².